The van der Waals surface area contributed by atoms with E-state index in [0.717, 1.165) is 30.6 Å². The van der Waals surface area contributed by atoms with E-state index in [-0.39, 0.29) is 42.5 Å². The molecule has 0 fully saturated rings. The van der Waals surface area contributed by atoms with Gasteiger partial charge in [-0.3, -0.25) is 9.79 Å². The van der Waals surface area contributed by atoms with E-state index in [1.54, 1.807) is 14.2 Å². The first-order valence-electron chi connectivity index (χ1n) is 11.0. The van der Waals surface area contributed by atoms with Crippen LogP contribution < -0.4 is 26.0 Å². The molecule has 0 bridgehead atoms. The third-order valence-electron chi connectivity index (χ3n) is 4.43. The van der Waals surface area contributed by atoms with E-state index in [9.17, 15) is 9.59 Å². The quantitative estimate of drug-likeness (QED) is 0.183. The highest BCUT2D eigenvalue weighted by Gasteiger charge is 2.18. The topological polar surface area (TPSA) is 113 Å². The maximum atomic E-state index is 12.2. The van der Waals surface area contributed by atoms with Crippen LogP contribution in [0.4, 0.5) is 4.79 Å². The van der Waals surface area contributed by atoms with Crippen molar-refractivity contribution in [1.82, 2.24) is 21.3 Å². The Kier molecular flexibility index (Phi) is 15.3. The molecule has 0 radical (unpaired) electrons. The molecule has 0 saturated carbocycles. The summed E-state index contributed by atoms with van der Waals surface area (Å²) in [5.41, 5.74) is 0.433. The molecule has 4 N–H and O–H groups in total. The Balaban J connectivity index is 0.0000102. The van der Waals surface area contributed by atoms with Gasteiger partial charge >= 0.3 is 6.09 Å². The first-order chi connectivity index (χ1) is 15.2. The Morgan fingerprint density at radius 3 is 2.30 bits per heavy atom. The Morgan fingerprint density at radius 1 is 1.09 bits per heavy atom. The van der Waals surface area contributed by atoms with Crippen molar-refractivity contribution in [3.63, 3.8) is 0 Å². The first kappa shape index (κ1) is 30.8. The Bertz CT molecular complexity index is 735. The predicted octanol–water partition coefficient (Wildman–Crippen LogP) is 3.18. The number of alkyl carbamates (subject to hydrolysis) is 1. The van der Waals surface area contributed by atoms with E-state index in [4.69, 9.17) is 9.47 Å². The number of unbranched alkanes of at least 4 members (excludes halogenated alkanes) is 1. The minimum atomic E-state index is -0.548. The van der Waals surface area contributed by atoms with Gasteiger partial charge in [-0.15, -0.1) is 24.0 Å². The summed E-state index contributed by atoms with van der Waals surface area (Å²) in [5, 5.41) is 12.0. The lowest BCUT2D eigenvalue weighted by Gasteiger charge is -2.24. The van der Waals surface area contributed by atoms with Gasteiger partial charge in [0.2, 0.25) is 5.91 Å². The van der Waals surface area contributed by atoms with Crippen LogP contribution >= 0.6 is 24.0 Å². The molecule has 9 nitrogen and oxygen atoms in total. The maximum absolute atomic E-state index is 12.2. The molecular weight excluding hydrogens is 537 g/mol. The van der Waals surface area contributed by atoms with Gasteiger partial charge in [0.25, 0.3) is 0 Å². The number of amides is 2. The average Bonchev–Trinajstić information content (AvgIpc) is 2.75. The van der Waals surface area contributed by atoms with Gasteiger partial charge < -0.3 is 30.7 Å². The van der Waals surface area contributed by atoms with E-state index < -0.39 is 11.7 Å². The summed E-state index contributed by atoms with van der Waals surface area (Å²) in [6.07, 6.45) is 2.41. The number of carbonyl (C=O) groups excluding carboxylic acids is 2. The number of hydrogen-bond acceptors (Lipinski definition) is 5. The Morgan fingerprint density at radius 2 is 1.76 bits per heavy atom. The highest BCUT2D eigenvalue weighted by molar-refractivity contribution is 14.0. The van der Waals surface area contributed by atoms with Gasteiger partial charge in [0.1, 0.15) is 11.4 Å². The molecule has 0 aliphatic heterocycles. The monoisotopic (exact) mass is 577 g/mol. The summed E-state index contributed by atoms with van der Waals surface area (Å²) >= 11 is 0. The van der Waals surface area contributed by atoms with Crippen molar-refractivity contribution < 1.29 is 19.1 Å². The molecule has 0 aliphatic rings. The van der Waals surface area contributed by atoms with Crippen LogP contribution in [0.3, 0.4) is 0 Å². The normalized spacial score (nSPS) is 12.1. The second-order valence-corrected chi connectivity index (χ2v) is 8.42. The summed E-state index contributed by atoms with van der Waals surface area (Å²) in [6, 6.07) is 7.48. The van der Waals surface area contributed by atoms with Crippen molar-refractivity contribution in [2.45, 2.75) is 65.1 Å². The number of halogens is 1. The fourth-order valence-corrected chi connectivity index (χ4v) is 2.76. The van der Waals surface area contributed by atoms with Crippen molar-refractivity contribution in [3.05, 3.63) is 29.8 Å². The summed E-state index contributed by atoms with van der Waals surface area (Å²) < 4.78 is 10.4. The van der Waals surface area contributed by atoms with Gasteiger partial charge in [-0.2, -0.15) is 0 Å². The second kappa shape index (κ2) is 16.4. The minimum absolute atomic E-state index is 0. The molecule has 1 rings (SSSR count). The number of nitrogens with zero attached hydrogens (tertiary/aromatic N) is 1. The zero-order valence-corrected chi connectivity index (χ0v) is 22.9. The number of aliphatic imine (C=N–C) groups is 1. The number of ether oxygens (including phenoxy) is 2. The molecule has 10 heteroatoms. The Labute approximate surface area is 214 Å². The van der Waals surface area contributed by atoms with Gasteiger partial charge in [0.15, 0.2) is 5.96 Å². The fourth-order valence-electron chi connectivity index (χ4n) is 2.76. The third kappa shape index (κ3) is 14.5. The van der Waals surface area contributed by atoms with Crippen LogP contribution in [0, 0.1) is 0 Å². The number of carbonyl (C=O) groups is 2. The lowest BCUT2D eigenvalue weighted by molar-refractivity contribution is -0.120. The average molecular weight is 578 g/mol. The molecule has 2 amide bonds. The van der Waals surface area contributed by atoms with Crippen molar-refractivity contribution in [1.29, 1.82) is 0 Å². The summed E-state index contributed by atoms with van der Waals surface area (Å²) in [6.45, 7) is 8.48. The van der Waals surface area contributed by atoms with Crippen molar-refractivity contribution >= 4 is 41.9 Å². The zero-order valence-electron chi connectivity index (χ0n) is 20.6. The standard InChI is InChI=1S/C23H39N5O4.HI/c1-7-8-9-18(15-27-22(30)32-23(2,3)4)28-21(24-5)26-16-20(29)25-14-17-10-12-19(31-6)13-11-17;/h10-13,18H,7-9,14-16H2,1-6H3,(H,25,29)(H,27,30)(H2,24,26,28);1H. The van der Waals surface area contributed by atoms with Gasteiger partial charge in [-0.25, -0.2) is 4.79 Å². The van der Waals surface area contributed by atoms with Crippen molar-refractivity contribution in [2.75, 3.05) is 27.2 Å². The van der Waals surface area contributed by atoms with Gasteiger partial charge in [-0.1, -0.05) is 31.9 Å². The smallest absolute Gasteiger partial charge is 0.407 e. The molecule has 0 spiro atoms. The van der Waals surface area contributed by atoms with Crippen molar-refractivity contribution in [3.8, 4) is 5.75 Å². The third-order valence-corrected chi connectivity index (χ3v) is 4.43. The lowest BCUT2D eigenvalue weighted by Crippen LogP contribution is -2.50. The van der Waals surface area contributed by atoms with Crippen LogP contribution in [0.1, 0.15) is 52.5 Å². The SMILES string of the molecule is CCCCC(CNC(=O)OC(C)(C)C)NC(=NC)NCC(=O)NCc1ccc(OC)cc1.I. The van der Waals surface area contributed by atoms with Crippen LogP contribution in [-0.4, -0.2) is 56.8 Å². The number of methoxy groups -OCH3 is 1. The van der Waals surface area contributed by atoms with Crippen LogP contribution in [0.25, 0.3) is 0 Å². The predicted molar refractivity (Wildman–Crippen MR) is 142 cm³/mol. The molecule has 33 heavy (non-hydrogen) atoms. The first-order valence-corrected chi connectivity index (χ1v) is 11.0. The summed E-state index contributed by atoms with van der Waals surface area (Å²) in [4.78, 5) is 28.4. The number of benzene rings is 1. The van der Waals surface area contributed by atoms with Gasteiger partial charge in [-0.05, 0) is 44.9 Å². The largest absolute Gasteiger partial charge is 0.497 e. The second-order valence-electron chi connectivity index (χ2n) is 8.42. The maximum Gasteiger partial charge on any atom is 0.407 e. The molecule has 1 atom stereocenters. The molecule has 0 aromatic heterocycles. The molecule has 1 aromatic carbocycles. The van der Waals surface area contributed by atoms with E-state index in [1.807, 2.05) is 45.0 Å². The van der Waals surface area contributed by atoms with E-state index in [2.05, 4.69) is 33.2 Å². The summed E-state index contributed by atoms with van der Waals surface area (Å²) in [5.74, 6) is 1.12. The fraction of sp³-hybridized carbons (Fsp3) is 0.609. The molecule has 1 unspecified atom stereocenters. The van der Waals surface area contributed by atoms with E-state index in [1.165, 1.54) is 0 Å². The number of hydrogen-bond donors (Lipinski definition) is 4. The summed E-state index contributed by atoms with van der Waals surface area (Å²) in [7, 11) is 3.26. The van der Waals surface area contributed by atoms with Gasteiger partial charge in [0.05, 0.1) is 13.7 Å². The van der Waals surface area contributed by atoms with Crippen LogP contribution in [0.2, 0.25) is 0 Å². The lowest BCUT2D eigenvalue weighted by atomic mass is 10.1. The molecule has 0 heterocycles. The van der Waals surface area contributed by atoms with Crippen LogP contribution in [-0.2, 0) is 16.1 Å². The molecule has 0 aliphatic carbocycles. The van der Waals surface area contributed by atoms with Crippen LogP contribution in [0.15, 0.2) is 29.3 Å². The number of nitrogens with one attached hydrogen (secondary N) is 4. The number of rotatable bonds is 11. The molecule has 1 aromatic rings. The zero-order chi connectivity index (χ0) is 24.0. The Hall–Kier alpha value is -2.24. The highest BCUT2D eigenvalue weighted by atomic mass is 127. The van der Waals surface area contributed by atoms with Crippen molar-refractivity contribution in [2.24, 2.45) is 4.99 Å². The number of guanidine groups is 1. The highest BCUT2D eigenvalue weighted by Crippen LogP contribution is 2.11. The molecular formula is C23H40IN5O4. The minimum Gasteiger partial charge on any atom is -0.497 e. The molecule has 0 saturated heterocycles. The van der Waals surface area contributed by atoms with Crippen LogP contribution in [0.5, 0.6) is 5.75 Å². The van der Waals surface area contributed by atoms with Gasteiger partial charge in [0, 0.05) is 26.2 Å². The van der Waals surface area contributed by atoms with E-state index >= 15 is 0 Å². The molecule has 188 valence electrons. The van der Waals surface area contributed by atoms with E-state index in [0.29, 0.717) is 19.0 Å².